The maximum Gasteiger partial charge on any atom is 0.573 e. The van der Waals surface area contributed by atoms with Crippen LogP contribution in [0.25, 0.3) is 0 Å². The number of aliphatic hydroxyl groups excluding tert-OH is 1. The lowest BCUT2D eigenvalue weighted by Gasteiger charge is -2.24. The van der Waals surface area contributed by atoms with Gasteiger partial charge in [0.15, 0.2) is 0 Å². The van der Waals surface area contributed by atoms with Gasteiger partial charge in [0, 0.05) is 63.0 Å². The SMILES string of the molecule is CCO.CCOCCC(CC)NC1CCC(C=O)C1.CN1CCc2ncc(OC(F)(F)F)cc2C1. The van der Waals surface area contributed by atoms with E-state index in [4.69, 9.17) is 9.84 Å². The van der Waals surface area contributed by atoms with Gasteiger partial charge in [0.05, 0.1) is 6.20 Å². The van der Waals surface area contributed by atoms with Crippen molar-refractivity contribution in [2.24, 2.45) is 5.92 Å². The van der Waals surface area contributed by atoms with Gasteiger partial charge in [-0.3, -0.25) is 4.98 Å². The van der Waals surface area contributed by atoms with E-state index < -0.39 is 6.36 Å². The Morgan fingerprint density at radius 3 is 2.60 bits per heavy atom. The summed E-state index contributed by atoms with van der Waals surface area (Å²) in [6.07, 6.45) is 3.78. The van der Waals surface area contributed by atoms with Crippen LogP contribution < -0.4 is 10.1 Å². The van der Waals surface area contributed by atoms with Crippen LogP contribution in [0.5, 0.6) is 5.75 Å². The van der Waals surface area contributed by atoms with Gasteiger partial charge in [0.2, 0.25) is 0 Å². The first-order valence-corrected chi connectivity index (χ1v) is 12.5. The molecule has 0 amide bonds. The monoisotopic (exact) mass is 505 g/mol. The fourth-order valence-corrected chi connectivity index (χ4v) is 4.13. The molecule has 2 N–H and O–H groups in total. The standard InChI is InChI=1S/C13H25NO2.C10H11F3N2O.C2H6O/c1-3-12(7-8-16-4-2)14-13-6-5-11(9-13)10-15;1-15-3-2-9-7(6-15)4-8(5-14-9)16-10(11,12)13;1-2-3/h10-14H,3-9H2,1-2H3;4-5H,2-3,6H2,1H3;3H,2H2,1H3. The molecule has 7 nitrogen and oxygen atoms in total. The number of fused-ring (bicyclic) bond motifs is 1. The maximum atomic E-state index is 12.0. The third-order valence-electron chi connectivity index (χ3n) is 5.88. The van der Waals surface area contributed by atoms with Crippen LogP contribution in [0.3, 0.4) is 0 Å². The molecule has 3 atom stereocenters. The molecule has 0 bridgehead atoms. The number of pyridine rings is 1. The zero-order valence-corrected chi connectivity index (χ0v) is 21.4. The van der Waals surface area contributed by atoms with E-state index in [1.54, 1.807) is 6.92 Å². The zero-order valence-electron chi connectivity index (χ0n) is 21.4. The van der Waals surface area contributed by atoms with Crippen molar-refractivity contribution in [3.63, 3.8) is 0 Å². The maximum absolute atomic E-state index is 12.0. The topological polar surface area (TPSA) is 83.9 Å². The molecule has 202 valence electrons. The second kappa shape index (κ2) is 16.8. The summed E-state index contributed by atoms with van der Waals surface area (Å²) in [5.41, 5.74) is 1.66. The summed E-state index contributed by atoms with van der Waals surface area (Å²) in [6.45, 7) is 9.28. The lowest BCUT2D eigenvalue weighted by Crippen LogP contribution is -2.37. The van der Waals surface area contributed by atoms with Crippen molar-refractivity contribution < 1.29 is 32.5 Å². The Labute approximate surface area is 207 Å². The predicted molar refractivity (Wildman–Crippen MR) is 129 cm³/mol. The van der Waals surface area contributed by atoms with Crippen molar-refractivity contribution in [1.29, 1.82) is 0 Å². The number of ether oxygens (including phenoxy) is 2. The molecule has 1 aromatic rings. The van der Waals surface area contributed by atoms with E-state index in [1.165, 1.54) is 6.07 Å². The summed E-state index contributed by atoms with van der Waals surface area (Å²) >= 11 is 0. The molecule has 1 aliphatic carbocycles. The molecule has 35 heavy (non-hydrogen) atoms. The molecule has 0 saturated heterocycles. The molecule has 1 aliphatic heterocycles. The number of likely N-dealkylation sites (N-methyl/N-ethyl adjacent to an activating group) is 1. The first-order valence-electron chi connectivity index (χ1n) is 12.5. The van der Waals surface area contributed by atoms with Crippen LogP contribution in [-0.4, -0.2) is 73.1 Å². The van der Waals surface area contributed by atoms with Gasteiger partial charge in [-0.15, -0.1) is 13.2 Å². The third-order valence-corrected chi connectivity index (χ3v) is 5.88. The average Bonchev–Trinajstić information content (AvgIpc) is 3.26. The molecule has 2 heterocycles. The van der Waals surface area contributed by atoms with E-state index in [0.29, 0.717) is 24.5 Å². The highest BCUT2D eigenvalue weighted by Crippen LogP contribution is 2.26. The molecule has 3 unspecified atom stereocenters. The summed E-state index contributed by atoms with van der Waals surface area (Å²) < 4.78 is 45.2. The number of carbonyl (C=O) groups is 1. The van der Waals surface area contributed by atoms with Crippen molar-refractivity contribution in [2.45, 2.75) is 84.3 Å². The Kier molecular flexibility index (Phi) is 15.0. The number of halogens is 3. The average molecular weight is 506 g/mol. The van der Waals surface area contributed by atoms with Gasteiger partial charge in [-0.1, -0.05) is 6.92 Å². The number of hydrogen-bond donors (Lipinski definition) is 2. The number of aldehydes is 1. The molecule has 2 aliphatic rings. The van der Waals surface area contributed by atoms with Crippen LogP contribution in [0, 0.1) is 5.92 Å². The molecule has 0 radical (unpaired) electrons. The van der Waals surface area contributed by atoms with Gasteiger partial charge in [0.1, 0.15) is 12.0 Å². The number of carbonyl (C=O) groups excluding carboxylic acids is 1. The Bertz CT molecular complexity index is 722. The summed E-state index contributed by atoms with van der Waals surface area (Å²) in [5.74, 6) is 0.0449. The number of rotatable bonds is 9. The molecule has 0 spiro atoms. The molecular weight excluding hydrogens is 463 g/mol. The van der Waals surface area contributed by atoms with Gasteiger partial charge in [-0.05, 0) is 64.6 Å². The first-order chi connectivity index (χ1) is 16.6. The smallest absolute Gasteiger partial charge is 0.404 e. The highest BCUT2D eigenvalue weighted by atomic mass is 19.4. The lowest BCUT2D eigenvalue weighted by molar-refractivity contribution is -0.274. The Balaban J connectivity index is 0.000000315. The van der Waals surface area contributed by atoms with E-state index >= 15 is 0 Å². The minimum absolute atomic E-state index is 0.249. The van der Waals surface area contributed by atoms with Crippen molar-refractivity contribution in [3.8, 4) is 5.75 Å². The fraction of sp³-hybridized carbons (Fsp3) is 0.760. The van der Waals surface area contributed by atoms with Gasteiger partial charge in [0.25, 0.3) is 0 Å². The van der Waals surface area contributed by atoms with E-state index in [1.807, 2.05) is 18.9 Å². The Hall–Kier alpha value is -1.75. The number of nitrogens with zero attached hydrogens (tertiary/aromatic N) is 2. The Morgan fingerprint density at radius 2 is 2.03 bits per heavy atom. The highest BCUT2D eigenvalue weighted by molar-refractivity contribution is 5.54. The van der Waals surface area contributed by atoms with E-state index in [2.05, 4.69) is 22.0 Å². The van der Waals surface area contributed by atoms with Gasteiger partial charge in [-0.25, -0.2) is 0 Å². The summed E-state index contributed by atoms with van der Waals surface area (Å²) in [5, 5.41) is 11.2. The second-order valence-electron chi connectivity index (χ2n) is 8.79. The first kappa shape index (κ1) is 31.3. The summed E-state index contributed by atoms with van der Waals surface area (Å²) in [7, 11) is 1.92. The van der Waals surface area contributed by atoms with E-state index in [0.717, 1.165) is 82.0 Å². The highest BCUT2D eigenvalue weighted by Gasteiger charge is 2.31. The molecular formula is C25H42F3N3O4. The van der Waals surface area contributed by atoms with E-state index in [-0.39, 0.29) is 12.4 Å². The number of nitrogens with one attached hydrogen (secondary N) is 1. The molecule has 1 fully saturated rings. The number of alkyl halides is 3. The second-order valence-corrected chi connectivity index (χ2v) is 8.79. The van der Waals surface area contributed by atoms with Crippen molar-refractivity contribution in [1.82, 2.24) is 15.2 Å². The molecule has 1 saturated carbocycles. The minimum atomic E-state index is -4.66. The third kappa shape index (κ3) is 13.2. The normalized spacial score (nSPS) is 20.6. The van der Waals surface area contributed by atoms with Crippen molar-refractivity contribution >= 4 is 6.29 Å². The molecule has 0 aromatic carbocycles. The predicted octanol–water partition coefficient (Wildman–Crippen LogP) is 4.12. The number of aromatic nitrogens is 1. The van der Waals surface area contributed by atoms with Crippen LogP contribution in [0.2, 0.25) is 0 Å². The van der Waals surface area contributed by atoms with Gasteiger partial charge in [-0.2, -0.15) is 0 Å². The van der Waals surface area contributed by atoms with Gasteiger partial charge < -0.3 is 29.6 Å². The number of hydrogen-bond acceptors (Lipinski definition) is 7. The largest absolute Gasteiger partial charge is 0.573 e. The van der Waals surface area contributed by atoms with E-state index in [9.17, 15) is 18.0 Å². The van der Waals surface area contributed by atoms with Crippen LogP contribution in [-0.2, 0) is 22.5 Å². The fourth-order valence-electron chi connectivity index (χ4n) is 4.13. The lowest BCUT2D eigenvalue weighted by atomic mass is 10.1. The quantitative estimate of drug-likeness (QED) is 0.386. The summed E-state index contributed by atoms with van der Waals surface area (Å²) in [6, 6.07) is 2.50. The molecule has 10 heteroatoms. The Morgan fingerprint density at radius 1 is 1.31 bits per heavy atom. The molecule has 1 aromatic heterocycles. The van der Waals surface area contributed by atoms with Crippen LogP contribution in [0.1, 0.15) is 64.1 Å². The van der Waals surface area contributed by atoms with Gasteiger partial charge >= 0.3 is 6.36 Å². The number of aliphatic hydroxyl groups is 1. The van der Waals surface area contributed by atoms with Crippen LogP contribution in [0.15, 0.2) is 12.3 Å². The van der Waals surface area contributed by atoms with Crippen molar-refractivity contribution in [3.05, 3.63) is 23.5 Å². The summed E-state index contributed by atoms with van der Waals surface area (Å²) in [4.78, 5) is 16.7. The van der Waals surface area contributed by atoms with Crippen LogP contribution in [0.4, 0.5) is 13.2 Å². The van der Waals surface area contributed by atoms with Crippen molar-refractivity contribution in [2.75, 3.05) is 33.4 Å². The molecule has 3 rings (SSSR count). The van der Waals surface area contributed by atoms with Crippen LogP contribution >= 0.6 is 0 Å². The minimum Gasteiger partial charge on any atom is -0.404 e. The zero-order chi connectivity index (χ0) is 26.3.